The van der Waals surface area contributed by atoms with E-state index in [1.165, 1.54) is 24.1 Å². The van der Waals surface area contributed by atoms with Crippen LogP contribution in [0.2, 0.25) is 0 Å². The fourth-order valence-corrected chi connectivity index (χ4v) is 4.15. The number of nitrogens with two attached hydrogens (primary N) is 1. The number of likely N-dealkylation sites (tertiary alicyclic amines) is 1. The number of halogens is 1. The molecule has 1 aromatic heterocycles. The molecule has 3 aromatic rings. The number of carbonyl (C=O) groups excluding carboxylic acids is 1. The first-order chi connectivity index (χ1) is 13.6. The zero-order chi connectivity index (χ0) is 19.5. The van der Waals surface area contributed by atoms with Gasteiger partial charge in [-0.2, -0.15) is 0 Å². The topological polar surface area (TPSA) is 74.2 Å². The molecule has 1 amide bonds. The molecule has 1 aliphatic rings. The maximum atomic E-state index is 13.3. The third-order valence-electron chi connectivity index (χ3n) is 5.02. The van der Waals surface area contributed by atoms with Gasteiger partial charge in [0.15, 0.2) is 0 Å². The molecule has 2 aromatic carbocycles. The van der Waals surface area contributed by atoms with E-state index in [1.807, 2.05) is 35.4 Å². The van der Waals surface area contributed by atoms with Crippen molar-refractivity contribution in [3.8, 4) is 11.1 Å². The van der Waals surface area contributed by atoms with Gasteiger partial charge in [-0.1, -0.05) is 12.1 Å². The van der Waals surface area contributed by atoms with E-state index in [1.54, 1.807) is 6.07 Å². The molecule has 1 unspecified atom stereocenters. The number of H-pyrrole nitrogens is 1. The molecule has 1 saturated heterocycles. The summed E-state index contributed by atoms with van der Waals surface area (Å²) >= 11 is 1.51. The lowest BCUT2D eigenvalue weighted by molar-refractivity contribution is -0.129. The molecule has 0 radical (unpaired) electrons. The van der Waals surface area contributed by atoms with E-state index in [9.17, 15) is 9.18 Å². The number of carbonyl (C=O) groups is 1. The molecule has 0 aliphatic carbocycles. The number of nitrogens with zero attached hydrogens (tertiary/aromatic N) is 1. The number of aromatic nitrogens is 1. The van der Waals surface area contributed by atoms with Crippen molar-refractivity contribution in [1.29, 1.82) is 0 Å². The predicted octanol–water partition coefficient (Wildman–Crippen LogP) is 3.52. The summed E-state index contributed by atoms with van der Waals surface area (Å²) in [4.78, 5) is 18.1. The third-order valence-corrected chi connectivity index (χ3v) is 5.87. The van der Waals surface area contributed by atoms with Crippen LogP contribution in [0.25, 0.3) is 22.0 Å². The number of hydrogen-bond donors (Lipinski definition) is 3. The molecule has 146 valence electrons. The van der Waals surface area contributed by atoms with Gasteiger partial charge in [0.1, 0.15) is 5.82 Å². The average Bonchev–Trinajstić information content (AvgIpc) is 3.31. The quantitative estimate of drug-likeness (QED) is 0.439. The number of nitrogens with one attached hydrogen (secondary N) is 2. The zero-order valence-electron chi connectivity index (χ0n) is 15.5. The highest BCUT2D eigenvalue weighted by Crippen LogP contribution is 2.30. The molecule has 2 heterocycles. The van der Waals surface area contributed by atoms with E-state index < -0.39 is 0 Å². The molecule has 0 saturated carbocycles. The minimum atomic E-state index is -0.246. The summed E-state index contributed by atoms with van der Waals surface area (Å²) in [6.07, 6.45) is 3.27. The van der Waals surface area contributed by atoms with Crippen molar-refractivity contribution in [2.24, 2.45) is 5.73 Å². The Morgan fingerprint density at radius 1 is 1.29 bits per heavy atom. The van der Waals surface area contributed by atoms with Gasteiger partial charge >= 0.3 is 0 Å². The highest BCUT2D eigenvalue weighted by Gasteiger charge is 2.22. The Hall–Kier alpha value is -2.35. The second kappa shape index (κ2) is 8.34. The number of rotatable bonds is 6. The SMILES string of the molecule is NC1CCN(C(=O)CCNSc2ccc(-c3c[nH]c4cc(F)ccc34)cc2)C1. The van der Waals surface area contributed by atoms with Crippen LogP contribution in [0, 0.1) is 5.82 Å². The number of aromatic amines is 1. The molecular weight excluding hydrogens is 375 g/mol. The van der Waals surface area contributed by atoms with Gasteiger partial charge in [0.25, 0.3) is 0 Å². The van der Waals surface area contributed by atoms with Gasteiger partial charge in [0.2, 0.25) is 5.91 Å². The Morgan fingerprint density at radius 3 is 2.86 bits per heavy atom. The number of hydrogen-bond acceptors (Lipinski definition) is 4. The van der Waals surface area contributed by atoms with Crippen molar-refractivity contribution < 1.29 is 9.18 Å². The molecule has 1 aliphatic heterocycles. The molecule has 28 heavy (non-hydrogen) atoms. The van der Waals surface area contributed by atoms with Gasteiger partial charge < -0.3 is 15.6 Å². The van der Waals surface area contributed by atoms with E-state index >= 15 is 0 Å². The summed E-state index contributed by atoms with van der Waals surface area (Å²) in [7, 11) is 0. The van der Waals surface area contributed by atoms with Gasteiger partial charge in [0, 0.05) is 59.7 Å². The van der Waals surface area contributed by atoms with Gasteiger partial charge in [-0.15, -0.1) is 0 Å². The molecule has 5 nitrogen and oxygen atoms in total. The minimum Gasteiger partial charge on any atom is -0.360 e. The van der Waals surface area contributed by atoms with Crippen molar-refractivity contribution in [3.05, 3.63) is 54.5 Å². The molecule has 0 spiro atoms. The van der Waals surface area contributed by atoms with E-state index in [-0.39, 0.29) is 17.8 Å². The van der Waals surface area contributed by atoms with E-state index in [0.29, 0.717) is 19.5 Å². The Morgan fingerprint density at radius 2 is 2.11 bits per heavy atom. The van der Waals surface area contributed by atoms with Crippen LogP contribution in [0.15, 0.2) is 53.6 Å². The van der Waals surface area contributed by atoms with Gasteiger partial charge in [-0.05, 0) is 54.3 Å². The largest absolute Gasteiger partial charge is 0.360 e. The van der Waals surface area contributed by atoms with Crippen LogP contribution in [0.5, 0.6) is 0 Å². The fourth-order valence-electron chi connectivity index (χ4n) is 3.50. The lowest BCUT2D eigenvalue weighted by Crippen LogP contribution is -2.33. The summed E-state index contributed by atoms with van der Waals surface area (Å²) < 4.78 is 16.6. The molecular formula is C21H23FN4OS. The van der Waals surface area contributed by atoms with E-state index in [2.05, 4.69) is 9.71 Å². The Labute approximate surface area is 167 Å². The standard InChI is InChI=1S/C21H23FN4OS/c22-15-3-6-18-19(12-24-20(18)11-15)14-1-4-17(5-2-14)28-25-9-7-21(27)26-10-8-16(23)13-26/h1-6,11-12,16,24-25H,7-10,13,23H2. The lowest BCUT2D eigenvalue weighted by atomic mass is 10.1. The predicted molar refractivity (Wildman–Crippen MR) is 111 cm³/mol. The molecule has 1 fully saturated rings. The molecule has 7 heteroatoms. The second-order valence-electron chi connectivity index (χ2n) is 7.05. The van der Waals surface area contributed by atoms with Gasteiger partial charge in [-0.3, -0.25) is 9.52 Å². The van der Waals surface area contributed by atoms with Crippen LogP contribution < -0.4 is 10.5 Å². The van der Waals surface area contributed by atoms with Crippen molar-refractivity contribution in [1.82, 2.24) is 14.6 Å². The van der Waals surface area contributed by atoms with Crippen LogP contribution in [0.4, 0.5) is 4.39 Å². The number of benzene rings is 2. The van der Waals surface area contributed by atoms with Crippen molar-refractivity contribution in [2.45, 2.75) is 23.8 Å². The summed E-state index contributed by atoms with van der Waals surface area (Å²) in [5.74, 6) is -0.0862. The molecule has 0 bridgehead atoms. The highest BCUT2D eigenvalue weighted by molar-refractivity contribution is 7.97. The van der Waals surface area contributed by atoms with Crippen molar-refractivity contribution in [3.63, 3.8) is 0 Å². The molecule has 1 atom stereocenters. The molecule has 4 N–H and O–H groups in total. The Kier molecular flexibility index (Phi) is 5.66. The fraction of sp³-hybridized carbons (Fsp3) is 0.286. The van der Waals surface area contributed by atoms with Crippen LogP contribution in [-0.4, -0.2) is 41.5 Å². The van der Waals surface area contributed by atoms with Gasteiger partial charge in [0.05, 0.1) is 0 Å². The second-order valence-corrected chi connectivity index (χ2v) is 8.02. The maximum Gasteiger partial charge on any atom is 0.223 e. The van der Waals surface area contributed by atoms with Crippen LogP contribution in [-0.2, 0) is 4.79 Å². The zero-order valence-corrected chi connectivity index (χ0v) is 16.3. The van der Waals surface area contributed by atoms with Crippen LogP contribution in [0.3, 0.4) is 0 Å². The molecule has 4 rings (SSSR count). The number of fused-ring (bicyclic) bond motifs is 1. The lowest BCUT2D eigenvalue weighted by Gasteiger charge is -2.15. The van der Waals surface area contributed by atoms with E-state index in [0.717, 1.165) is 39.9 Å². The maximum absolute atomic E-state index is 13.3. The Bertz CT molecular complexity index is 972. The van der Waals surface area contributed by atoms with Crippen molar-refractivity contribution in [2.75, 3.05) is 19.6 Å². The first-order valence-corrected chi connectivity index (χ1v) is 10.2. The normalized spacial score (nSPS) is 16.8. The summed E-state index contributed by atoms with van der Waals surface area (Å²) in [5.41, 5.74) is 8.76. The highest BCUT2D eigenvalue weighted by atomic mass is 32.2. The third kappa shape index (κ3) is 4.22. The number of amides is 1. The minimum absolute atomic E-state index is 0.126. The van der Waals surface area contributed by atoms with Crippen LogP contribution >= 0.6 is 11.9 Å². The van der Waals surface area contributed by atoms with Crippen LogP contribution in [0.1, 0.15) is 12.8 Å². The van der Waals surface area contributed by atoms with Crippen molar-refractivity contribution >= 4 is 28.8 Å². The first kappa shape index (κ1) is 19.0. The van der Waals surface area contributed by atoms with Gasteiger partial charge in [-0.25, -0.2) is 4.39 Å². The Balaban J connectivity index is 1.30. The monoisotopic (exact) mass is 398 g/mol. The summed E-state index contributed by atoms with van der Waals surface area (Å²) in [6.45, 7) is 2.06. The summed E-state index contributed by atoms with van der Waals surface area (Å²) in [6, 6.07) is 13.1. The smallest absolute Gasteiger partial charge is 0.223 e. The first-order valence-electron chi connectivity index (χ1n) is 9.40. The summed E-state index contributed by atoms with van der Waals surface area (Å²) in [5, 5.41) is 1.00. The van der Waals surface area contributed by atoms with E-state index in [4.69, 9.17) is 5.73 Å². The average molecular weight is 399 g/mol.